The lowest BCUT2D eigenvalue weighted by atomic mass is 10.1. The molecule has 10 aromatic carbocycles. The zero-order chi connectivity index (χ0) is 97.2. The van der Waals surface area contributed by atoms with Gasteiger partial charge in [-0.05, 0) is 135 Å². The van der Waals surface area contributed by atoms with Crippen LogP contribution in [0.25, 0.3) is 21.5 Å². The van der Waals surface area contributed by atoms with Crippen LogP contribution < -0.4 is 0 Å². The summed E-state index contributed by atoms with van der Waals surface area (Å²) in [5.41, 5.74) is 9.60. The molecule has 0 N–H and O–H groups in total. The van der Waals surface area contributed by atoms with Gasteiger partial charge in [0.2, 0.25) is 0 Å². The Morgan fingerprint density at radius 3 is 1.06 bits per heavy atom. The molecule has 5 heterocycles. The van der Waals surface area contributed by atoms with E-state index in [0.717, 1.165) is 49.9 Å². The fourth-order valence-electron chi connectivity index (χ4n) is 19.3. The van der Waals surface area contributed by atoms with E-state index in [4.69, 9.17) is 99.7 Å². The average Bonchev–Trinajstić information content (AvgIpc) is 1.58. The summed E-state index contributed by atoms with van der Waals surface area (Å²) < 4.78 is 135. The molecule has 21 nitrogen and oxygen atoms in total. The second-order valence-electron chi connectivity index (χ2n) is 39.3. The van der Waals surface area contributed by atoms with Gasteiger partial charge in [0.05, 0.1) is 98.6 Å². The van der Waals surface area contributed by atoms with Crippen LogP contribution in [0.3, 0.4) is 0 Å². The molecule has 740 valence electrons. The molecule has 0 saturated carbocycles. The summed E-state index contributed by atoms with van der Waals surface area (Å²) >= 11 is 5.95. The fourth-order valence-corrected chi connectivity index (χ4v) is 41.9. The van der Waals surface area contributed by atoms with E-state index in [9.17, 15) is 0 Å². The fraction of sp³-hybridized carbons (Fsp3) is 0.464. The van der Waals surface area contributed by atoms with E-state index in [0.29, 0.717) is 52.7 Å². The third kappa shape index (κ3) is 27.7. The monoisotopic (exact) mass is 1970 g/mol. The first-order chi connectivity index (χ1) is 66.8. The lowest BCUT2D eigenvalue weighted by molar-refractivity contribution is -0.216. The Morgan fingerprint density at radius 1 is 0.348 bits per heavy atom. The second-order valence-corrected chi connectivity index (χ2v) is 57.4. The maximum atomic E-state index is 7.58. The molecule has 4 aliphatic heterocycles. The van der Waals surface area contributed by atoms with Gasteiger partial charge in [-0.25, -0.2) is 4.98 Å². The van der Waals surface area contributed by atoms with Gasteiger partial charge >= 0.3 is 34.2 Å². The first-order valence-corrected chi connectivity index (χ1v) is 57.9. The van der Waals surface area contributed by atoms with Crippen LogP contribution in [0.2, 0.25) is 44.3 Å². The molecule has 0 spiro atoms. The third-order valence-corrected chi connectivity index (χ3v) is 47.8. The van der Waals surface area contributed by atoms with Gasteiger partial charge in [-0.15, -0.1) is 0 Å². The topological polar surface area (TPSA) is 193 Å². The molecule has 8 unspecified atom stereocenters. The standard InChI is InChI=1S/C58H74N2O10SSi2.C54H72O9Si2/c1-41(2)72(42(3)4)66-39-53-55(69-73(70-72,43(5)6)44(7)8)56(68-58(71)60-31-30-59-40-60)57(67-53)65-38-52(63-35-46-22-14-10-15-23-46)54(64-36-47-24-16-11-17-25-47)51(62-34-45-20-12-9-13-21-45)37-61-33-48-28-29-49-26-18-19-27-50(49)32-48;1-39(2)64(40(3)4)60-38-50-49(62-65(63-64,41(5)6)42(7)8)31-53(61-50)58-37-52(57-34-44-22-14-10-15-23-44)54(59-35-45-24-16-11-17-25-45)51(56-33-43-20-12-9-13-21-43)36-55-32-46-28-29-47-26-18-19-27-48(47)30-46/h9-32,40-44,51-57H,33-39H2,1-8H3;9-30,39-42,49-54H,31-38H2,1-8H3/t51?,52?,53-,54?,55?,56+,57-;49?,50-,51?,52?,53-,54?/m11/s1. The Bertz CT molecular complexity index is 5380. The van der Waals surface area contributed by atoms with Gasteiger partial charge in [-0.3, -0.25) is 4.57 Å². The van der Waals surface area contributed by atoms with Crippen molar-refractivity contribution in [2.75, 3.05) is 39.6 Å². The van der Waals surface area contributed by atoms with E-state index in [1.165, 1.54) is 16.2 Å². The SMILES string of the molecule is CC(C)[Si]1(C(C)C)OC[C@H]2O[C@@H](OCC(OCc3ccccc3)C(OCc3ccccc3)C(COCc3ccc4ccccc4c3)OCc3ccccc3)CC2O[Si](C(C)C)(C(C)C)O1.CC(C)[Si]1(C(C)C)OC[C@H]2O[C@@H](OCC(OCc3ccccc3)C(OCc3ccccc3)C(COCc3ccc4ccccc4c3)OCc3ccccc3)[C@@H](OC(=S)n3ccnc3)C2O[Si](C(C)C)(C(C)C)O1. The lowest BCUT2D eigenvalue weighted by Crippen LogP contribution is -2.66. The molecule has 11 aromatic rings. The highest BCUT2D eigenvalue weighted by Gasteiger charge is 2.64. The molecule has 15 rings (SSSR count). The van der Waals surface area contributed by atoms with Crippen LogP contribution >= 0.6 is 12.2 Å². The summed E-state index contributed by atoms with van der Waals surface area (Å²) in [5.74, 6) is 0. The molecule has 4 fully saturated rings. The van der Waals surface area contributed by atoms with E-state index < -0.39 is 102 Å². The number of hydrogen-bond donors (Lipinski definition) is 0. The third-order valence-electron chi connectivity index (χ3n) is 26.9. The summed E-state index contributed by atoms with van der Waals surface area (Å²) in [7, 11) is -11.6. The lowest BCUT2D eigenvalue weighted by Gasteiger charge is -2.51. The molecule has 0 bridgehead atoms. The van der Waals surface area contributed by atoms with Gasteiger partial charge in [-0.2, -0.15) is 0 Å². The highest BCUT2D eigenvalue weighted by Crippen LogP contribution is 2.51. The van der Waals surface area contributed by atoms with Gasteiger partial charge in [-0.1, -0.05) is 366 Å². The van der Waals surface area contributed by atoms with E-state index in [2.05, 4.69) is 249 Å². The predicted molar refractivity (Wildman–Crippen MR) is 554 cm³/mol. The quantitative estimate of drug-likeness (QED) is 0.0258. The Balaban J connectivity index is 0.000000222. The van der Waals surface area contributed by atoms with Crippen molar-refractivity contribution in [1.29, 1.82) is 0 Å². The predicted octanol–water partition coefficient (Wildman–Crippen LogP) is 24.4. The number of thiocarbonyl (C=S) groups is 1. The first-order valence-electron chi connectivity index (χ1n) is 49.6. The number of hydrogen-bond acceptors (Lipinski definition) is 21. The largest absolute Gasteiger partial charge is 0.459 e. The minimum absolute atomic E-state index is 0.00886. The van der Waals surface area contributed by atoms with Crippen LogP contribution in [0.5, 0.6) is 0 Å². The molecule has 4 saturated heterocycles. The summed E-state index contributed by atoms with van der Waals surface area (Å²) in [4.78, 5) is 4.25. The normalized spacial score (nSPS) is 21.0. The summed E-state index contributed by atoms with van der Waals surface area (Å²) in [6.45, 7) is 39.5. The first kappa shape index (κ1) is 106. The Kier molecular flexibility index (Phi) is 39.3. The number of imidazole rings is 1. The van der Waals surface area contributed by atoms with Crippen LogP contribution in [0, 0.1) is 0 Å². The Hall–Kier alpha value is -8.03. The smallest absolute Gasteiger partial charge is 0.335 e. The van der Waals surface area contributed by atoms with Crippen LogP contribution in [0.1, 0.15) is 162 Å². The van der Waals surface area contributed by atoms with E-state index in [1.807, 2.05) is 133 Å². The number of fused-ring (bicyclic) bond motifs is 4. The van der Waals surface area contributed by atoms with E-state index in [-0.39, 0.29) is 108 Å². The van der Waals surface area contributed by atoms with Gasteiger partial charge in [0.25, 0.3) is 5.17 Å². The Labute approximate surface area is 828 Å². The summed E-state index contributed by atoms with van der Waals surface area (Å²) in [6, 6.07) is 90.5. The number of aromatic nitrogens is 2. The minimum Gasteiger partial charge on any atom is -0.459 e. The highest BCUT2D eigenvalue weighted by molar-refractivity contribution is 7.80. The Morgan fingerprint density at radius 2 is 0.688 bits per heavy atom. The molecule has 26 heteroatoms. The molecule has 1 aromatic heterocycles. The van der Waals surface area contributed by atoms with Crippen LogP contribution in [-0.2, 0) is 140 Å². The molecular weight excluding hydrogens is 1820 g/mol. The van der Waals surface area contributed by atoms with Gasteiger partial charge in [0, 0.05) is 18.8 Å². The zero-order valence-electron chi connectivity index (χ0n) is 83.4. The molecule has 0 radical (unpaired) electrons. The number of ether oxygens (including phenoxy) is 13. The summed E-state index contributed by atoms with van der Waals surface area (Å²) in [5, 5.41) is 4.87. The van der Waals surface area contributed by atoms with Crippen molar-refractivity contribution in [3.8, 4) is 0 Å². The van der Waals surface area contributed by atoms with E-state index in [1.54, 1.807) is 23.3 Å². The van der Waals surface area contributed by atoms with Crippen LogP contribution in [0.4, 0.5) is 0 Å². The summed E-state index contributed by atoms with van der Waals surface area (Å²) in [6.07, 6.45) is -2.35. The van der Waals surface area contributed by atoms with Crippen molar-refractivity contribution >= 4 is 73.2 Å². The maximum Gasteiger partial charge on any atom is 0.335 e. The van der Waals surface area contributed by atoms with Crippen LogP contribution in [0.15, 0.2) is 286 Å². The molecule has 0 amide bonds. The van der Waals surface area contributed by atoms with Gasteiger partial charge < -0.3 is 87.5 Å². The minimum atomic E-state index is -3.13. The molecule has 13 atom stereocenters. The van der Waals surface area contributed by atoms with Crippen molar-refractivity contribution in [1.82, 2.24) is 9.55 Å². The number of nitrogens with zero attached hydrogens (tertiary/aromatic N) is 2. The van der Waals surface area contributed by atoms with Crippen molar-refractivity contribution in [2.24, 2.45) is 0 Å². The van der Waals surface area contributed by atoms with Crippen LogP contribution in [-0.4, -0.2) is 168 Å². The van der Waals surface area contributed by atoms with Crippen molar-refractivity contribution in [2.45, 2.75) is 294 Å². The maximum absolute atomic E-state index is 7.58. The molecule has 138 heavy (non-hydrogen) atoms. The molecular formula is C112H146N2O19SSi4. The number of rotatable bonds is 45. The van der Waals surface area contributed by atoms with Crippen molar-refractivity contribution in [3.63, 3.8) is 0 Å². The van der Waals surface area contributed by atoms with Gasteiger partial charge in [0.15, 0.2) is 18.7 Å². The van der Waals surface area contributed by atoms with Crippen molar-refractivity contribution in [3.05, 3.63) is 330 Å². The van der Waals surface area contributed by atoms with Crippen molar-refractivity contribution < 1.29 is 87.5 Å². The van der Waals surface area contributed by atoms with E-state index >= 15 is 0 Å². The van der Waals surface area contributed by atoms with Gasteiger partial charge in [0.1, 0.15) is 61.3 Å². The average molecular weight is 1970 g/mol. The molecule has 4 aliphatic rings. The zero-order valence-corrected chi connectivity index (χ0v) is 88.2. The molecule has 0 aliphatic carbocycles. The second kappa shape index (κ2) is 51.3. The highest BCUT2D eigenvalue weighted by atomic mass is 32.1. The number of benzene rings is 10.